The van der Waals surface area contributed by atoms with Gasteiger partial charge in [0.15, 0.2) is 0 Å². The largest absolute Gasteiger partial charge is 0.493 e. The number of aromatic carboxylic acids is 1. The molecule has 0 fully saturated rings. The number of fused-ring (bicyclic) bond motifs is 1. The number of carboxylic acids is 1. The van der Waals surface area contributed by atoms with Crippen molar-refractivity contribution in [1.82, 2.24) is 10.3 Å². The number of ether oxygens (including phenoxy) is 1. The van der Waals surface area contributed by atoms with Gasteiger partial charge in [-0.1, -0.05) is 6.07 Å². The van der Waals surface area contributed by atoms with Crippen LogP contribution in [0.3, 0.4) is 0 Å². The lowest BCUT2D eigenvalue weighted by Gasteiger charge is -2.20. The van der Waals surface area contributed by atoms with E-state index in [-0.39, 0.29) is 11.2 Å². The number of aromatic amines is 1. The van der Waals surface area contributed by atoms with E-state index in [0.29, 0.717) is 12.4 Å². The summed E-state index contributed by atoms with van der Waals surface area (Å²) < 4.78 is 5.77. The van der Waals surface area contributed by atoms with Gasteiger partial charge in [0.1, 0.15) is 11.4 Å². The highest BCUT2D eigenvalue weighted by molar-refractivity contribution is 5.96. The van der Waals surface area contributed by atoms with Gasteiger partial charge < -0.3 is 20.1 Å². The van der Waals surface area contributed by atoms with Crippen molar-refractivity contribution in [3.8, 4) is 5.75 Å². The fraction of sp³-hybridized carbons (Fsp3) is 0.438. The maximum atomic E-state index is 11.0. The van der Waals surface area contributed by atoms with Crippen LogP contribution in [-0.4, -0.2) is 34.8 Å². The Morgan fingerprint density at radius 2 is 2.14 bits per heavy atom. The lowest BCUT2D eigenvalue weighted by atomic mass is 10.1. The second-order valence-electron chi connectivity index (χ2n) is 6.08. The van der Waals surface area contributed by atoms with Gasteiger partial charge in [-0.25, -0.2) is 4.79 Å². The van der Waals surface area contributed by atoms with Gasteiger partial charge in [0, 0.05) is 16.4 Å². The predicted octanol–water partition coefficient (Wildman–Crippen LogP) is 3.02. The Morgan fingerprint density at radius 1 is 1.38 bits per heavy atom. The molecule has 3 N–H and O–H groups in total. The molecule has 0 radical (unpaired) electrons. The third-order valence-corrected chi connectivity index (χ3v) is 3.09. The topological polar surface area (TPSA) is 74.3 Å². The zero-order valence-corrected chi connectivity index (χ0v) is 12.7. The smallest absolute Gasteiger partial charge is 0.352 e. The molecule has 0 aliphatic carbocycles. The Hall–Kier alpha value is -2.01. The quantitative estimate of drug-likeness (QED) is 0.715. The zero-order valence-electron chi connectivity index (χ0n) is 12.7. The minimum atomic E-state index is -0.966. The van der Waals surface area contributed by atoms with E-state index in [1.807, 2.05) is 18.2 Å². The van der Waals surface area contributed by atoms with Crippen molar-refractivity contribution in [2.45, 2.75) is 32.7 Å². The summed E-state index contributed by atoms with van der Waals surface area (Å²) in [6, 6.07) is 7.17. The van der Waals surface area contributed by atoms with Crippen LogP contribution >= 0.6 is 0 Å². The molecule has 2 rings (SSSR count). The van der Waals surface area contributed by atoms with Crippen molar-refractivity contribution in [2.75, 3.05) is 13.2 Å². The molecule has 0 bridgehead atoms. The molecule has 0 atom stereocenters. The number of hydrogen-bond acceptors (Lipinski definition) is 3. The van der Waals surface area contributed by atoms with Crippen LogP contribution in [0, 0.1) is 0 Å². The van der Waals surface area contributed by atoms with Gasteiger partial charge in [-0.2, -0.15) is 0 Å². The average molecular weight is 290 g/mol. The average Bonchev–Trinajstić information content (AvgIpc) is 2.82. The fourth-order valence-electron chi connectivity index (χ4n) is 2.09. The molecule has 2 aromatic rings. The van der Waals surface area contributed by atoms with E-state index in [4.69, 9.17) is 9.84 Å². The number of carboxylic acid groups (broad SMARTS) is 1. The van der Waals surface area contributed by atoms with Gasteiger partial charge in [-0.15, -0.1) is 0 Å². The number of nitrogens with one attached hydrogen (secondary N) is 2. The monoisotopic (exact) mass is 290 g/mol. The molecule has 21 heavy (non-hydrogen) atoms. The second-order valence-corrected chi connectivity index (χ2v) is 6.08. The highest BCUT2D eigenvalue weighted by atomic mass is 16.5. The van der Waals surface area contributed by atoms with Gasteiger partial charge in [-0.3, -0.25) is 0 Å². The SMILES string of the molecule is CC(C)(C)NCCCOc1cccc2[nH]c(C(=O)O)cc12. The molecular weight excluding hydrogens is 268 g/mol. The van der Waals surface area contributed by atoms with Crippen LogP contribution in [0.4, 0.5) is 0 Å². The maximum absolute atomic E-state index is 11.0. The molecular formula is C16H22N2O3. The van der Waals surface area contributed by atoms with Crippen LogP contribution in [0.2, 0.25) is 0 Å². The summed E-state index contributed by atoms with van der Waals surface area (Å²) in [5, 5.41) is 13.2. The summed E-state index contributed by atoms with van der Waals surface area (Å²) in [5.74, 6) is -0.251. The minimum Gasteiger partial charge on any atom is -0.493 e. The Morgan fingerprint density at radius 3 is 2.81 bits per heavy atom. The van der Waals surface area contributed by atoms with Crippen molar-refractivity contribution in [1.29, 1.82) is 0 Å². The zero-order chi connectivity index (χ0) is 15.5. The van der Waals surface area contributed by atoms with Crippen molar-refractivity contribution in [3.63, 3.8) is 0 Å². The first-order valence-corrected chi connectivity index (χ1v) is 7.10. The van der Waals surface area contributed by atoms with E-state index in [1.165, 1.54) is 0 Å². The van der Waals surface area contributed by atoms with E-state index < -0.39 is 5.97 Å². The van der Waals surface area contributed by atoms with E-state index in [1.54, 1.807) is 6.07 Å². The van der Waals surface area contributed by atoms with Gasteiger partial charge in [0.25, 0.3) is 0 Å². The van der Waals surface area contributed by atoms with Crippen molar-refractivity contribution < 1.29 is 14.6 Å². The van der Waals surface area contributed by atoms with Gasteiger partial charge >= 0.3 is 5.97 Å². The minimum absolute atomic E-state index is 0.108. The van der Waals surface area contributed by atoms with Crippen molar-refractivity contribution >= 4 is 16.9 Å². The summed E-state index contributed by atoms with van der Waals surface area (Å²) in [6.45, 7) is 7.86. The number of carbonyl (C=O) groups is 1. The maximum Gasteiger partial charge on any atom is 0.352 e. The first kappa shape index (κ1) is 15.4. The standard InChI is InChI=1S/C16H22N2O3/c1-16(2,3)17-8-5-9-21-14-7-4-6-12-11(14)10-13(18-12)15(19)20/h4,6-7,10,17-18H,5,8-9H2,1-3H3,(H,19,20). The molecule has 1 aromatic carbocycles. The number of hydrogen-bond donors (Lipinski definition) is 3. The molecule has 1 aromatic heterocycles. The second kappa shape index (κ2) is 6.18. The lowest BCUT2D eigenvalue weighted by molar-refractivity contribution is 0.0691. The van der Waals surface area contributed by atoms with E-state index >= 15 is 0 Å². The third-order valence-electron chi connectivity index (χ3n) is 3.09. The lowest BCUT2D eigenvalue weighted by Crippen LogP contribution is -2.36. The Labute approximate surface area is 124 Å². The Kier molecular flexibility index (Phi) is 4.53. The molecule has 5 heteroatoms. The van der Waals surface area contributed by atoms with Gasteiger partial charge in [0.05, 0.1) is 6.61 Å². The first-order valence-electron chi connectivity index (χ1n) is 7.10. The normalized spacial score (nSPS) is 11.8. The highest BCUT2D eigenvalue weighted by Gasteiger charge is 2.11. The molecule has 1 heterocycles. The van der Waals surface area contributed by atoms with E-state index in [2.05, 4.69) is 31.1 Å². The number of rotatable bonds is 6. The van der Waals surface area contributed by atoms with Crippen LogP contribution in [0.1, 0.15) is 37.7 Å². The summed E-state index contributed by atoms with van der Waals surface area (Å²) in [7, 11) is 0. The summed E-state index contributed by atoms with van der Waals surface area (Å²) in [6.07, 6.45) is 0.893. The van der Waals surface area contributed by atoms with Crippen molar-refractivity contribution in [3.05, 3.63) is 30.0 Å². The van der Waals surface area contributed by atoms with Crippen LogP contribution in [-0.2, 0) is 0 Å². The Bertz CT molecular complexity index is 626. The van der Waals surface area contributed by atoms with Crippen LogP contribution in [0.25, 0.3) is 10.9 Å². The molecule has 0 saturated carbocycles. The van der Waals surface area contributed by atoms with Crippen LogP contribution in [0.5, 0.6) is 5.75 Å². The van der Waals surface area contributed by atoms with Crippen LogP contribution in [0.15, 0.2) is 24.3 Å². The molecule has 114 valence electrons. The first-order chi connectivity index (χ1) is 9.87. The molecule has 0 saturated heterocycles. The molecule has 0 unspecified atom stereocenters. The summed E-state index contributed by atoms with van der Waals surface area (Å²) in [5.41, 5.74) is 1.06. The number of benzene rings is 1. The van der Waals surface area contributed by atoms with Gasteiger partial charge in [0.2, 0.25) is 0 Å². The summed E-state index contributed by atoms with van der Waals surface area (Å²) in [4.78, 5) is 13.9. The molecule has 0 spiro atoms. The Balaban J connectivity index is 1.97. The number of aromatic nitrogens is 1. The summed E-state index contributed by atoms with van der Waals surface area (Å²) >= 11 is 0. The van der Waals surface area contributed by atoms with Crippen molar-refractivity contribution in [2.24, 2.45) is 0 Å². The third kappa shape index (κ3) is 4.23. The van der Waals surface area contributed by atoms with Gasteiger partial charge in [-0.05, 0) is 51.9 Å². The molecule has 0 aliphatic heterocycles. The molecule has 5 nitrogen and oxygen atoms in total. The fourth-order valence-corrected chi connectivity index (χ4v) is 2.09. The predicted molar refractivity (Wildman–Crippen MR) is 83.1 cm³/mol. The highest BCUT2D eigenvalue weighted by Crippen LogP contribution is 2.26. The number of H-pyrrole nitrogens is 1. The van der Waals surface area contributed by atoms with E-state index in [9.17, 15) is 4.79 Å². The van der Waals surface area contributed by atoms with E-state index in [0.717, 1.165) is 23.9 Å². The van der Waals surface area contributed by atoms with Crippen LogP contribution < -0.4 is 10.1 Å². The molecule has 0 aliphatic rings. The molecule has 0 amide bonds.